The number of ether oxygens (including phenoxy) is 4. The standard InChI is InChI=1S/C26H26O4/c1-27-15-17-13-23(19-9-5-7-11-21(19)25(17)29-3)24-14-18(16-28-2)26(30-4)22-12-8-6-10-20(22)24/h5-14H,15-16H2,1-4H3. The van der Waals surface area contributed by atoms with E-state index in [-0.39, 0.29) is 0 Å². The number of rotatable bonds is 7. The molecule has 0 radical (unpaired) electrons. The van der Waals surface area contributed by atoms with Crippen molar-refractivity contribution in [2.75, 3.05) is 28.4 Å². The van der Waals surface area contributed by atoms with Gasteiger partial charge in [-0.2, -0.15) is 0 Å². The molecule has 154 valence electrons. The van der Waals surface area contributed by atoms with Crippen LogP contribution in [0.25, 0.3) is 32.7 Å². The summed E-state index contributed by atoms with van der Waals surface area (Å²) >= 11 is 0. The van der Waals surface area contributed by atoms with E-state index in [1.54, 1.807) is 28.4 Å². The van der Waals surface area contributed by atoms with Crippen LogP contribution in [0.15, 0.2) is 60.7 Å². The van der Waals surface area contributed by atoms with Crippen molar-refractivity contribution in [1.82, 2.24) is 0 Å². The third-order valence-electron chi connectivity index (χ3n) is 5.44. The van der Waals surface area contributed by atoms with Gasteiger partial charge in [-0.15, -0.1) is 0 Å². The molecule has 4 heteroatoms. The van der Waals surface area contributed by atoms with Gasteiger partial charge in [-0.3, -0.25) is 0 Å². The van der Waals surface area contributed by atoms with Gasteiger partial charge in [0.05, 0.1) is 27.4 Å². The Morgan fingerprint density at radius 3 is 1.23 bits per heavy atom. The molecule has 0 atom stereocenters. The molecule has 0 aliphatic carbocycles. The van der Waals surface area contributed by atoms with Crippen LogP contribution in [0.1, 0.15) is 11.1 Å². The summed E-state index contributed by atoms with van der Waals surface area (Å²) in [5.74, 6) is 1.71. The summed E-state index contributed by atoms with van der Waals surface area (Å²) in [6.07, 6.45) is 0. The third kappa shape index (κ3) is 3.38. The average molecular weight is 402 g/mol. The molecule has 4 rings (SSSR count). The molecule has 0 unspecified atom stereocenters. The molecule has 4 aromatic rings. The fourth-order valence-corrected chi connectivity index (χ4v) is 4.27. The molecular weight excluding hydrogens is 376 g/mol. The summed E-state index contributed by atoms with van der Waals surface area (Å²) in [7, 11) is 6.82. The highest BCUT2D eigenvalue weighted by molar-refractivity contribution is 6.09. The van der Waals surface area contributed by atoms with E-state index >= 15 is 0 Å². The highest BCUT2D eigenvalue weighted by atomic mass is 16.5. The van der Waals surface area contributed by atoms with Gasteiger partial charge in [-0.1, -0.05) is 48.5 Å². The molecule has 0 saturated heterocycles. The van der Waals surface area contributed by atoms with E-state index < -0.39 is 0 Å². The van der Waals surface area contributed by atoms with Crippen LogP contribution in [0.4, 0.5) is 0 Å². The predicted molar refractivity (Wildman–Crippen MR) is 121 cm³/mol. The van der Waals surface area contributed by atoms with E-state index in [1.165, 1.54) is 0 Å². The summed E-state index contributed by atoms with van der Waals surface area (Å²) in [5.41, 5.74) is 4.30. The van der Waals surface area contributed by atoms with Gasteiger partial charge in [0, 0.05) is 36.1 Å². The summed E-state index contributed by atoms with van der Waals surface area (Å²) < 4.78 is 22.5. The lowest BCUT2D eigenvalue weighted by Gasteiger charge is -2.19. The first kappa shape index (κ1) is 20.2. The fraction of sp³-hybridized carbons (Fsp3) is 0.231. The van der Waals surface area contributed by atoms with E-state index in [9.17, 15) is 0 Å². The fourth-order valence-electron chi connectivity index (χ4n) is 4.27. The van der Waals surface area contributed by atoms with Crippen molar-refractivity contribution in [1.29, 1.82) is 0 Å². The molecule has 0 fully saturated rings. The van der Waals surface area contributed by atoms with Crippen molar-refractivity contribution >= 4 is 21.5 Å². The molecule has 0 N–H and O–H groups in total. The van der Waals surface area contributed by atoms with Crippen LogP contribution in [0.3, 0.4) is 0 Å². The number of hydrogen-bond acceptors (Lipinski definition) is 4. The minimum atomic E-state index is 0.472. The van der Waals surface area contributed by atoms with Gasteiger partial charge in [0.1, 0.15) is 11.5 Å². The number of methoxy groups -OCH3 is 4. The summed E-state index contributed by atoms with van der Waals surface area (Å²) in [5, 5.41) is 4.40. The van der Waals surface area contributed by atoms with Crippen molar-refractivity contribution in [2.24, 2.45) is 0 Å². The van der Waals surface area contributed by atoms with E-state index in [2.05, 4.69) is 48.5 Å². The third-order valence-corrected chi connectivity index (χ3v) is 5.44. The molecule has 4 nitrogen and oxygen atoms in total. The van der Waals surface area contributed by atoms with Crippen molar-refractivity contribution in [3.05, 3.63) is 71.8 Å². The van der Waals surface area contributed by atoms with Gasteiger partial charge in [-0.25, -0.2) is 0 Å². The van der Waals surface area contributed by atoms with E-state index in [0.29, 0.717) is 13.2 Å². The van der Waals surface area contributed by atoms with Crippen LogP contribution in [0.5, 0.6) is 11.5 Å². The highest BCUT2D eigenvalue weighted by Gasteiger charge is 2.18. The largest absolute Gasteiger partial charge is 0.496 e. The van der Waals surface area contributed by atoms with E-state index in [1.807, 2.05) is 12.1 Å². The molecule has 0 saturated carbocycles. The molecule has 0 aliphatic rings. The summed E-state index contributed by atoms with van der Waals surface area (Å²) in [4.78, 5) is 0. The summed E-state index contributed by atoms with van der Waals surface area (Å²) in [6.45, 7) is 0.944. The van der Waals surface area contributed by atoms with Crippen LogP contribution in [-0.4, -0.2) is 28.4 Å². The molecule has 0 bridgehead atoms. The topological polar surface area (TPSA) is 36.9 Å². The number of benzene rings is 4. The minimum Gasteiger partial charge on any atom is -0.496 e. The lowest BCUT2D eigenvalue weighted by atomic mass is 9.90. The Morgan fingerprint density at radius 1 is 0.533 bits per heavy atom. The van der Waals surface area contributed by atoms with Crippen LogP contribution < -0.4 is 9.47 Å². The van der Waals surface area contributed by atoms with E-state index in [0.717, 1.165) is 55.3 Å². The van der Waals surface area contributed by atoms with Crippen molar-refractivity contribution < 1.29 is 18.9 Å². The van der Waals surface area contributed by atoms with Crippen LogP contribution in [0, 0.1) is 0 Å². The first-order chi connectivity index (χ1) is 14.7. The SMILES string of the molecule is COCc1cc(-c2cc(COC)c(OC)c3ccccc23)c2ccccc2c1OC. The lowest BCUT2D eigenvalue weighted by Crippen LogP contribution is -1.99. The first-order valence-corrected chi connectivity index (χ1v) is 9.89. The van der Waals surface area contributed by atoms with Gasteiger partial charge >= 0.3 is 0 Å². The van der Waals surface area contributed by atoms with Crippen molar-refractivity contribution in [3.8, 4) is 22.6 Å². The Labute approximate surface area is 176 Å². The maximum Gasteiger partial charge on any atom is 0.132 e. The molecule has 0 heterocycles. The second-order valence-electron chi connectivity index (χ2n) is 7.19. The highest BCUT2D eigenvalue weighted by Crippen LogP contribution is 2.43. The molecule has 0 aliphatic heterocycles. The molecule has 4 aromatic carbocycles. The number of hydrogen-bond donors (Lipinski definition) is 0. The Kier molecular flexibility index (Phi) is 5.88. The van der Waals surface area contributed by atoms with Crippen LogP contribution in [0.2, 0.25) is 0 Å². The van der Waals surface area contributed by atoms with Crippen LogP contribution >= 0.6 is 0 Å². The molecule has 30 heavy (non-hydrogen) atoms. The van der Waals surface area contributed by atoms with Crippen LogP contribution in [-0.2, 0) is 22.7 Å². The van der Waals surface area contributed by atoms with Crippen molar-refractivity contribution in [3.63, 3.8) is 0 Å². The smallest absolute Gasteiger partial charge is 0.132 e. The van der Waals surface area contributed by atoms with Crippen molar-refractivity contribution in [2.45, 2.75) is 13.2 Å². The van der Waals surface area contributed by atoms with Gasteiger partial charge in [-0.05, 0) is 34.0 Å². The Morgan fingerprint density at radius 2 is 0.900 bits per heavy atom. The Balaban J connectivity index is 2.13. The maximum absolute atomic E-state index is 5.77. The zero-order valence-electron chi connectivity index (χ0n) is 17.8. The minimum absolute atomic E-state index is 0.472. The quantitative estimate of drug-likeness (QED) is 0.382. The normalized spacial score (nSPS) is 11.2. The van der Waals surface area contributed by atoms with Gasteiger partial charge in [0.25, 0.3) is 0 Å². The second-order valence-corrected chi connectivity index (χ2v) is 7.19. The summed E-state index contributed by atoms with van der Waals surface area (Å²) in [6, 6.07) is 21.0. The number of fused-ring (bicyclic) bond motifs is 2. The zero-order valence-corrected chi connectivity index (χ0v) is 17.8. The average Bonchev–Trinajstić information content (AvgIpc) is 2.78. The lowest BCUT2D eigenvalue weighted by molar-refractivity contribution is 0.182. The Bertz CT molecular complexity index is 1100. The van der Waals surface area contributed by atoms with Gasteiger partial charge in [0.15, 0.2) is 0 Å². The maximum atomic E-state index is 5.77. The Hall–Kier alpha value is -3.08. The molecule has 0 aromatic heterocycles. The molecule has 0 amide bonds. The monoisotopic (exact) mass is 402 g/mol. The van der Waals surface area contributed by atoms with Gasteiger partial charge < -0.3 is 18.9 Å². The van der Waals surface area contributed by atoms with E-state index in [4.69, 9.17) is 18.9 Å². The molecule has 0 spiro atoms. The first-order valence-electron chi connectivity index (χ1n) is 9.89. The van der Waals surface area contributed by atoms with Gasteiger partial charge in [0.2, 0.25) is 0 Å². The molecular formula is C26H26O4. The second kappa shape index (κ2) is 8.74. The zero-order chi connectivity index (χ0) is 21.1. The predicted octanol–water partition coefficient (Wildman–Crippen LogP) is 5.97.